The molecule has 1 N–H and O–H groups in total. The summed E-state index contributed by atoms with van der Waals surface area (Å²) in [5.74, 6) is -0.967. The van der Waals surface area contributed by atoms with E-state index in [4.69, 9.17) is 23.7 Å². The molecular weight excluding hydrogens is 436 g/mol. The summed E-state index contributed by atoms with van der Waals surface area (Å²) in [6.45, 7) is 0. The zero-order valence-electron chi connectivity index (χ0n) is 17.2. The van der Waals surface area contributed by atoms with Crippen LogP contribution in [0.25, 0.3) is 0 Å². The number of nitro benzene ring substituents is 1. The van der Waals surface area contributed by atoms with Crippen LogP contribution in [0.15, 0.2) is 29.2 Å². The molecule has 0 aliphatic carbocycles. The molecule has 31 heavy (non-hydrogen) atoms. The third-order valence-corrected chi connectivity index (χ3v) is 5.52. The van der Waals surface area contributed by atoms with Gasteiger partial charge in [0, 0.05) is 6.07 Å². The fraction of sp³-hybridized carbons (Fsp3) is 0.278. The zero-order chi connectivity index (χ0) is 23.3. The first-order valence-electron chi connectivity index (χ1n) is 8.41. The first-order valence-corrected chi connectivity index (χ1v) is 9.89. The summed E-state index contributed by atoms with van der Waals surface area (Å²) in [7, 11) is 1.59. The number of anilines is 1. The Bertz CT molecular complexity index is 1110. The Balaban J connectivity index is 2.77. The highest BCUT2D eigenvalue weighted by Crippen LogP contribution is 2.46. The van der Waals surface area contributed by atoms with E-state index in [9.17, 15) is 23.3 Å². The minimum Gasteiger partial charge on any atom is -0.497 e. The maximum absolute atomic E-state index is 13.1. The molecule has 0 unspecified atom stereocenters. The van der Waals surface area contributed by atoms with Crippen molar-refractivity contribution in [3.8, 4) is 23.0 Å². The molecule has 0 aliphatic rings. The average Bonchev–Trinajstić information content (AvgIpc) is 2.76. The summed E-state index contributed by atoms with van der Waals surface area (Å²) in [4.78, 5) is 22.2. The summed E-state index contributed by atoms with van der Waals surface area (Å²) in [5.41, 5.74) is -1.35. The monoisotopic (exact) mass is 456 g/mol. The van der Waals surface area contributed by atoms with E-state index in [1.54, 1.807) is 0 Å². The van der Waals surface area contributed by atoms with Gasteiger partial charge in [-0.15, -0.1) is 0 Å². The number of carbonyl (C=O) groups is 1. The van der Waals surface area contributed by atoms with Gasteiger partial charge in [-0.3, -0.25) is 14.8 Å². The molecule has 0 fully saturated rings. The predicted octanol–water partition coefficient (Wildman–Crippen LogP) is 2.22. The van der Waals surface area contributed by atoms with Crippen LogP contribution in [0.1, 0.15) is 10.4 Å². The van der Waals surface area contributed by atoms with Gasteiger partial charge in [-0.25, -0.2) is 13.2 Å². The number of hydrogen-bond acceptors (Lipinski definition) is 10. The van der Waals surface area contributed by atoms with Crippen LogP contribution < -0.4 is 23.7 Å². The second-order valence-corrected chi connectivity index (χ2v) is 7.41. The molecule has 168 valence electrons. The van der Waals surface area contributed by atoms with E-state index in [0.29, 0.717) is 0 Å². The molecule has 0 radical (unpaired) electrons. The Morgan fingerprint density at radius 3 is 2.10 bits per heavy atom. The summed E-state index contributed by atoms with van der Waals surface area (Å²) >= 11 is 0. The molecule has 0 aromatic heterocycles. The highest BCUT2D eigenvalue weighted by molar-refractivity contribution is 7.92. The van der Waals surface area contributed by atoms with E-state index in [1.807, 2.05) is 0 Å². The molecule has 0 aliphatic heterocycles. The molecule has 2 aromatic rings. The number of nitrogens with one attached hydrogen (secondary N) is 1. The largest absolute Gasteiger partial charge is 0.497 e. The third-order valence-electron chi connectivity index (χ3n) is 4.12. The average molecular weight is 456 g/mol. The summed E-state index contributed by atoms with van der Waals surface area (Å²) in [6, 6.07) is 4.40. The van der Waals surface area contributed by atoms with Gasteiger partial charge in [0.15, 0.2) is 16.4 Å². The number of carbonyl (C=O) groups excluding carboxylic acids is 1. The Hall–Kier alpha value is -3.74. The Kier molecular flexibility index (Phi) is 7.12. The number of rotatable bonds is 9. The standard InChI is InChI=1S/C18H20N2O10S/c1-26-10-6-7-14(12(8-10)20(22)23)31(24,25)19-15-11(18(21)30-5)9-13(27-2)16(28-3)17(15)29-4/h6-9,19H,1-5H3. The van der Waals surface area contributed by atoms with Gasteiger partial charge in [-0.1, -0.05) is 0 Å². The number of nitrogens with zero attached hydrogens (tertiary/aromatic N) is 1. The lowest BCUT2D eigenvalue weighted by Crippen LogP contribution is -2.18. The smallest absolute Gasteiger partial charge is 0.340 e. The van der Waals surface area contributed by atoms with Gasteiger partial charge < -0.3 is 23.7 Å². The second kappa shape index (κ2) is 9.38. The van der Waals surface area contributed by atoms with E-state index >= 15 is 0 Å². The zero-order valence-corrected chi connectivity index (χ0v) is 18.1. The van der Waals surface area contributed by atoms with Crippen molar-refractivity contribution in [3.05, 3.63) is 39.9 Å². The lowest BCUT2D eigenvalue weighted by Gasteiger charge is -2.19. The van der Waals surface area contributed by atoms with Gasteiger partial charge in [0.2, 0.25) is 5.75 Å². The van der Waals surface area contributed by atoms with Crippen LogP contribution in [0.5, 0.6) is 23.0 Å². The number of methoxy groups -OCH3 is 5. The lowest BCUT2D eigenvalue weighted by atomic mass is 10.1. The Labute approximate surface area is 177 Å². The van der Waals surface area contributed by atoms with Crippen LogP contribution in [-0.4, -0.2) is 54.9 Å². The minimum absolute atomic E-state index is 0.0143. The van der Waals surface area contributed by atoms with Crippen LogP contribution in [0.3, 0.4) is 0 Å². The molecule has 0 spiro atoms. The molecule has 0 bridgehead atoms. The van der Waals surface area contributed by atoms with Crippen LogP contribution in [-0.2, 0) is 14.8 Å². The van der Waals surface area contributed by atoms with E-state index in [1.165, 1.54) is 40.6 Å². The fourth-order valence-corrected chi connectivity index (χ4v) is 3.95. The summed E-state index contributed by atoms with van der Waals surface area (Å²) in [5, 5.41) is 11.4. The van der Waals surface area contributed by atoms with Crippen molar-refractivity contribution >= 4 is 27.4 Å². The van der Waals surface area contributed by atoms with Gasteiger partial charge in [-0.2, -0.15) is 0 Å². The molecule has 0 saturated carbocycles. The van der Waals surface area contributed by atoms with Gasteiger partial charge in [0.05, 0.1) is 52.1 Å². The van der Waals surface area contributed by atoms with Crippen molar-refractivity contribution in [2.24, 2.45) is 0 Å². The molecule has 0 atom stereocenters. The van der Waals surface area contributed by atoms with Crippen molar-refractivity contribution in [1.29, 1.82) is 0 Å². The minimum atomic E-state index is -4.59. The van der Waals surface area contributed by atoms with Crippen LogP contribution in [0, 0.1) is 10.1 Å². The lowest BCUT2D eigenvalue weighted by molar-refractivity contribution is -0.387. The van der Waals surface area contributed by atoms with Gasteiger partial charge in [0.25, 0.3) is 15.7 Å². The first kappa shape index (κ1) is 23.5. The summed E-state index contributed by atoms with van der Waals surface area (Å²) < 4.78 is 53.6. The van der Waals surface area contributed by atoms with Crippen LogP contribution in [0.4, 0.5) is 11.4 Å². The SMILES string of the molecule is COC(=O)c1cc(OC)c(OC)c(OC)c1NS(=O)(=O)c1ccc(OC)cc1[N+](=O)[O-]. The fourth-order valence-electron chi connectivity index (χ4n) is 2.71. The Morgan fingerprint density at radius 2 is 1.61 bits per heavy atom. The molecule has 13 heteroatoms. The quantitative estimate of drug-likeness (QED) is 0.337. The van der Waals surface area contributed by atoms with Crippen molar-refractivity contribution in [3.63, 3.8) is 0 Å². The van der Waals surface area contributed by atoms with E-state index in [2.05, 4.69) is 4.72 Å². The van der Waals surface area contributed by atoms with Gasteiger partial charge >= 0.3 is 5.97 Å². The van der Waals surface area contributed by atoms with Crippen molar-refractivity contribution in [2.45, 2.75) is 4.90 Å². The second-order valence-electron chi connectivity index (χ2n) is 5.76. The van der Waals surface area contributed by atoms with Gasteiger partial charge in [-0.05, 0) is 12.1 Å². The van der Waals surface area contributed by atoms with Crippen LogP contribution >= 0.6 is 0 Å². The molecule has 0 saturated heterocycles. The third kappa shape index (κ3) is 4.55. The number of ether oxygens (including phenoxy) is 5. The number of benzene rings is 2. The number of nitro groups is 1. The van der Waals surface area contributed by atoms with Crippen molar-refractivity contribution in [1.82, 2.24) is 0 Å². The molecule has 2 rings (SSSR count). The highest BCUT2D eigenvalue weighted by atomic mass is 32.2. The van der Waals surface area contributed by atoms with E-state index < -0.39 is 31.5 Å². The van der Waals surface area contributed by atoms with E-state index in [0.717, 1.165) is 19.2 Å². The van der Waals surface area contributed by atoms with Crippen molar-refractivity contribution < 1.29 is 41.8 Å². The Morgan fingerprint density at radius 1 is 0.968 bits per heavy atom. The number of hydrogen-bond donors (Lipinski definition) is 1. The number of sulfonamides is 1. The van der Waals surface area contributed by atoms with E-state index in [-0.39, 0.29) is 34.2 Å². The summed E-state index contributed by atoms with van der Waals surface area (Å²) in [6.07, 6.45) is 0. The maximum Gasteiger partial charge on any atom is 0.340 e. The molecule has 12 nitrogen and oxygen atoms in total. The van der Waals surface area contributed by atoms with Crippen LogP contribution in [0.2, 0.25) is 0 Å². The predicted molar refractivity (Wildman–Crippen MR) is 108 cm³/mol. The van der Waals surface area contributed by atoms with Crippen molar-refractivity contribution in [2.75, 3.05) is 40.3 Å². The first-order chi connectivity index (χ1) is 14.6. The van der Waals surface area contributed by atoms with Gasteiger partial charge in [0.1, 0.15) is 11.4 Å². The molecule has 0 heterocycles. The normalized spacial score (nSPS) is 10.7. The maximum atomic E-state index is 13.1. The number of esters is 1. The topological polar surface area (TPSA) is 153 Å². The molecular formula is C18H20N2O10S. The highest BCUT2D eigenvalue weighted by Gasteiger charge is 2.32. The molecule has 0 amide bonds. The molecule has 2 aromatic carbocycles.